The van der Waals surface area contributed by atoms with E-state index >= 15 is 0 Å². The van der Waals surface area contributed by atoms with Crippen LogP contribution in [0, 0.1) is 0 Å². The second-order valence-electron chi connectivity index (χ2n) is 9.86. The van der Waals surface area contributed by atoms with E-state index in [2.05, 4.69) is 0 Å². The maximum Gasteiger partial charge on any atom is 0.237 e. The number of aromatic hydroxyl groups is 4. The van der Waals surface area contributed by atoms with Gasteiger partial charge in [-0.2, -0.15) is 0 Å². The number of rotatable bonds is 13. The predicted molar refractivity (Wildman–Crippen MR) is 168 cm³/mol. The van der Waals surface area contributed by atoms with Crippen molar-refractivity contribution in [2.24, 2.45) is 0 Å². The van der Waals surface area contributed by atoms with E-state index in [-0.39, 0.29) is 68.2 Å². The maximum absolute atomic E-state index is 13.8. The first-order valence-corrected chi connectivity index (χ1v) is 13.8. The van der Waals surface area contributed by atoms with Crippen molar-refractivity contribution in [1.82, 2.24) is 0 Å². The minimum Gasteiger partial charge on any atom is -0.508 e. The van der Waals surface area contributed by atoms with E-state index in [4.69, 9.17) is 28.4 Å². The molecular weight excluding hydrogens is 632 g/mol. The number of hydrogen-bond donors (Lipinski definition) is 4. The largest absolute Gasteiger partial charge is 0.508 e. The summed E-state index contributed by atoms with van der Waals surface area (Å²) in [4.78, 5) is 54.2. The van der Waals surface area contributed by atoms with E-state index in [1.54, 1.807) is 0 Å². The highest BCUT2D eigenvalue weighted by molar-refractivity contribution is 6.51. The molecule has 4 aromatic carbocycles. The van der Waals surface area contributed by atoms with Crippen LogP contribution in [0.4, 0.5) is 0 Å². The van der Waals surface area contributed by atoms with Crippen molar-refractivity contribution in [2.75, 3.05) is 42.7 Å². The molecule has 0 fully saturated rings. The number of carbonyl (C=O) groups is 4. The molecule has 0 aliphatic heterocycles. The summed E-state index contributed by atoms with van der Waals surface area (Å²) >= 11 is 0. The van der Waals surface area contributed by atoms with E-state index in [0.29, 0.717) is 0 Å². The summed E-state index contributed by atoms with van der Waals surface area (Å²) in [6.07, 6.45) is 0. The van der Waals surface area contributed by atoms with Gasteiger partial charge in [0.05, 0.1) is 64.9 Å². The van der Waals surface area contributed by atoms with Crippen LogP contribution in [0.3, 0.4) is 0 Å². The third kappa shape index (κ3) is 5.93. The Labute approximate surface area is 273 Å². The van der Waals surface area contributed by atoms with Gasteiger partial charge in [-0.05, 0) is 36.4 Å². The SMILES string of the molecule is COc1c(C(=O)C(=O)c2ccc(O)cc2O)cc(-c2cc(C(=O)C(=O)c3ccc(O)cc3O)c(OC)c(OC)c2OC)c(OC)c1OC. The van der Waals surface area contributed by atoms with Crippen LogP contribution in [0.25, 0.3) is 11.1 Å². The molecule has 4 aromatic rings. The molecule has 0 saturated carbocycles. The minimum absolute atomic E-state index is 0.00647. The molecule has 4 rings (SSSR count). The van der Waals surface area contributed by atoms with Crippen molar-refractivity contribution in [2.45, 2.75) is 0 Å². The van der Waals surface area contributed by atoms with Crippen LogP contribution < -0.4 is 28.4 Å². The van der Waals surface area contributed by atoms with E-state index in [0.717, 1.165) is 36.4 Å². The number of phenolic OH excluding ortho intramolecular Hbond substituents is 4. The van der Waals surface area contributed by atoms with Gasteiger partial charge >= 0.3 is 0 Å². The number of ketones is 4. The highest BCUT2D eigenvalue weighted by Crippen LogP contribution is 2.53. The molecule has 0 radical (unpaired) electrons. The number of Topliss-reactive ketones (excluding diaryl/α,β-unsaturated/α-hetero) is 4. The molecule has 4 N–H and O–H groups in total. The number of phenols is 4. The van der Waals surface area contributed by atoms with Gasteiger partial charge in [-0.1, -0.05) is 0 Å². The van der Waals surface area contributed by atoms with Gasteiger partial charge in [0.1, 0.15) is 23.0 Å². The number of benzene rings is 4. The maximum atomic E-state index is 13.8. The van der Waals surface area contributed by atoms with Crippen LogP contribution in [0.1, 0.15) is 41.4 Å². The summed E-state index contributed by atoms with van der Waals surface area (Å²) in [5.74, 6) is -7.51. The van der Waals surface area contributed by atoms with Crippen molar-refractivity contribution < 1.29 is 68.0 Å². The van der Waals surface area contributed by atoms with Crippen LogP contribution in [-0.4, -0.2) is 86.2 Å². The van der Waals surface area contributed by atoms with Gasteiger partial charge in [-0.25, -0.2) is 0 Å². The molecule has 0 bridgehead atoms. The lowest BCUT2D eigenvalue weighted by Gasteiger charge is -2.22. The lowest BCUT2D eigenvalue weighted by atomic mass is 9.91. The first kappa shape index (κ1) is 34.4. The van der Waals surface area contributed by atoms with Gasteiger partial charge in [-0.3, -0.25) is 19.2 Å². The Hall–Kier alpha value is -6.44. The van der Waals surface area contributed by atoms with Crippen molar-refractivity contribution in [3.63, 3.8) is 0 Å². The van der Waals surface area contributed by atoms with Gasteiger partial charge in [0.15, 0.2) is 23.0 Å². The molecule has 0 saturated heterocycles. The van der Waals surface area contributed by atoms with E-state index in [1.165, 1.54) is 54.8 Å². The quantitative estimate of drug-likeness (QED) is 0.116. The second-order valence-corrected chi connectivity index (χ2v) is 9.86. The molecule has 0 unspecified atom stereocenters. The lowest BCUT2D eigenvalue weighted by molar-refractivity contribution is 0.0812. The zero-order valence-corrected chi connectivity index (χ0v) is 26.5. The van der Waals surface area contributed by atoms with Crippen molar-refractivity contribution in [3.8, 4) is 68.6 Å². The standard InChI is InChI=1S/C34H30O14/c1-43-29-19(13-21(31(45-3)33(29)47-5)27(41)25(39)17-9-7-15(35)11-23(17)37)20-14-22(32(46-4)34(48-6)30(20)44-2)28(42)26(40)18-10-8-16(36)12-24(18)38/h7-14,35-38H,1-6H3. The minimum atomic E-state index is -1.17. The normalized spacial score (nSPS) is 10.5. The highest BCUT2D eigenvalue weighted by Gasteiger charge is 2.34. The molecule has 0 aliphatic carbocycles. The van der Waals surface area contributed by atoms with E-state index < -0.39 is 45.8 Å². The lowest BCUT2D eigenvalue weighted by Crippen LogP contribution is -2.17. The van der Waals surface area contributed by atoms with Crippen molar-refractivity contribution in [1.29, 1.82) is 0 Å². The molecule has 0 aliphatic rings. The highest BCUT2D eigenvalue weighted by atomic mass is 16.5. The van der Waals surface area contributed by atoms with E-state index in [9.17, 15) is 39.6 Å². The zero-order chi connectivity index (χ0) is 35.4. The van der Waals surface area contributed by atoms with Crippen LogP contribution in [0.15, 0.2) is 48.5 Å². The fourth-order valence-corrected chi connectivity index (χ4v) is 5.08. The second kappa shape index (κ2) is 13.9. The fourth-order valence-electron chi connectivity index (χ4n) is 5.08. The first-order valence-electron chi connectivity index (χ1n) is 13.8. The Morgan fingerprint density at radius 1 is 0.396 bits per heavy atom. The van der Waals surface area contributed by atoms with Gasteiger partial charge < -0.3 is 48.8 Å². The molecule has 0 heterocycles. The summed E-state index contributed by atoms with van der Waals surface area (Å²) in [6, 6.07) is 8.54. The Bertz CT molecular complexity index is 1820. The predicted octanol–water partition coefficient (Wildman–Crippen LogP) is 4.36. The zero-order valence-electron chi connectivity index (χ0n) is 26.5. The first-order chi connectivity index (χ1) is 22.9. The summed E-state index contributed by atoms with van der Waals surface area (Å²) in [5, 5.41) is 39.9. The van der Waals surface area contributed by atoms with Crippen molar-refractivity contribution in [3.05, 3.63) is 70.8 Å². The third-order valence-electron chi connectivity index (χ3n) is 7.25. The Kier molecular flexibility index (Phi) is 9.98. The van der Waals surface area contributed by atoms with Crippen molar-refractivity contribution >= 4 is 23.1 Å². The molecule has 14 heteroatoms. The summed E-state index contributed by atoms with van der Waals surface area (Å²) < 4.78 is 33.3. The van der Waals surface area contributed by atoms with Gasteiger partial charge in [0.2, 0.25) is 34.6 Å². The molecular formula is C34H30O14. The van der Waals surface area contributed by atoms with Gasteiger partial charge in [0, 0.05) is 23.3 Å². The number of methoxy groups -OCH3 is 6. The molecule has 0 aromatic heterocycles. The van der Waals surface area contributed by atoms with Crippen LogP contribution in [0.5, 0.6) is 57.5 Å². The summed E-state index contributed by atoms with van der Waals surface area (Å²) in [7, 11) is 7.48. The topological polar surface area (TPSA) is 205 Å². The average molecular weight is 663 g/mol. The summed E-state index contributed by atoms with van der Waals surface area (Å²) in [6.45, 7) is 0. The third-order valence-corrected chi connectivity index (χ3v) is 7.25. The number of ether oxygens (including phenoxy) is 6. The fraction of sp³-hybridized carbons (Fsp3) is 0.176. The monoisotopic (exact) mass is 662 g/mol. The molecule has 14 nitrogen and oxygen atoms in total. The Morgan fingerprint density at radius 3 is 0.958 bits per heavy atom. The molecule has 0 atom stereocenters. The Balaban J connectivity index is 2.05. The van der Waals surface area contributed by atoms with Gasteiger partial charge in [0.25, 0.3) is 0 Å². The van der Waals surface area contributed by atoms with Crippen LogP contribution >= 0.6 is 0 Å². The molecule has 0 spiro atoms. The number of carbonyl (C=O) groups excluding carboxylic acids is 4. The smallest absolute Gasteiger partial charge is 0.237 e. The number of hydrogen-bond acceptors (Lipinski definition) is 14. The molecule has 0 amide bonds. The van der Waals surface area contributed by atoms with Crippen LogP contribution in [0.2, 0.25) is 0 Å². The van der Waals surface area contributed by atoms with Crippen LogP contribution in [-0.2, 0) is 0 Å². The Morgan fingerprint density at radius 2 is 0.688 bits per heavy atom. The summed E-state index contributed by atoms with van der Waals surface area (Å²) in [5.41, 5.74) is -1.57. The average Bonchev–Trinajstić information content (AvgIpc) is 3.08. The molecule has 250 valence electrons. The van der Waals surface area contributed by atoms with E-state index in [1.807, 2.05) is 0 Å². The van der Waals surface area contributed by atoms with Gasteiger partial charge in [-0.15, -0.1) is 0 Å². The molecule has 48 heavy (non-hydrogen) atoms.